The summed E-state index contributed by atoms with van der Waals surface area (Å²) >= 11 is 6.23. The van der Waals surface area contributed by atoms with Crippen molar-refractivity contribution in [2.45, 2.75) is 45.7 Å². The minimum atomic E-state index is 0.175. The first-order chi connectivity index (χ1) is 14.9. The van der Waals surface area contributed by atoms with Crippen LogP contribution in [0.4, 0.5) is 5.69 Å². The van der Waals surface area contributed by atoms with Crippen molar-refractivity contribution in [2.75, 3.05) is 25.0 Å². The first-order valence-corrected chi connectivity index (χ1v) is 11.6. The highest BCUT2D eigenvalue weighted by molar-refractivity contribution is 6.30. The van der Waals surface area contributed by atoms with Crippen LogP contribution in [0.1, 0.15) is 56.3 Å². The van der Waals surface area contributed by atoms with Crippen LogP contribution in [0.15, 0.2) is 54.2 Å². The standard InChI is InChI=1S/C26H33ClN4/c1-17(2)31-13-10-19(11-14-31)20-7-8-23-24(15-20)25(9-12-29-26(23)18(3)28)30-22-6-4-5-21(27)16-22/h4-8,10,15-17,25,29-30H,9,11-14,28H2,1-3H3/b26-18-/t25-/m0/s1. The minimum absolute atomic E-state index is 0.175. The Morgan fingerprint density at radius 1 is 1.23 bits per heavy atom. The zero-order valence-electron chi connectivity index (χ0n) is 18.7. The minimum Gasteiger partial charge on any atom is -0.401 e. The first-order valence-electron chi connectivity index (χ1n) is 11.2. The summed E-state index contributed by atoms with van der Waals surface area (Å²) in [4.78, 5) is 2.51. The van der Waals surface area contributed by atoms with Crippen molar-refractivity contribution < 1.29 is 0 Å². The molecule has 164 valence electrons. The van der Waals surface area contributed by atoms with Gasteiger partial charge in [0.25, 0.3) is 0 Å². The lowest BCUT2D eigenvalue weighted by molar-refractivity contribution is 0.245. The summed E-state index contributed by atoms with van der Waals surface area (Å²) < 4.78 is 0. The van der Waals surface area contributed by atoms with Gasteiger partial charge in [0.15, 0.2) is 0 Å². The van der Waals surface area contributed by atoms with Gasteiger partial charge in [0.2, 0.25) is 0 Å². The van der Waals surface area contributed by atoms with E-state index < -0.39 is 0 Å². The number of halogens is 1. The molecule has 0 fully saturated rings. The zero-order chi connectivity index (χ0) is 22.0. The van der Waals surface area contributed by atoms with Gasteiger partial charge in [0.05, 0.1) is 11.7 Å². The normalized spacial score (nSPS) is 21.1. The van der Waals surface area contributed by atoms with Crippen LogP contribution in [0.5, 0.6) is 0 Å². The summed E-state index contributed by atoms with van der Waals surface area (Å²) in [6, 6.07) is 15.6. The van der Waals surface area contributed by atoms with Crippen LogP contribution in [0, 0.1) is 0 Å². The average Bonchev–Trinajstić information content (AvgIpc) is 2.93. The molecule has 2 aromatic carbocycles. The van der Waals surface area contributed by atoms with Crippen LogP contribution in [0.25, 0.3) is 11.3 Å². The molecule has 4 rings (SSSR count). The maximum Gasteiger partial charge on any atom is 0.0605 e. The Bertz CT molecular complexity index is 1000. The van der Waals surface area contributed by atoms with E-state index in [1.165, 1.54) is 22.3 Å². The summed E-state index contributed by atoms with van der Waals surface area (Å²) in [7, 11) is 0. The second-order valence-electron chi connectivity index (χ2n) is 8.85. The van der Waals surface area contributed by atoms with Gasteiger partial charge in [-0.3, -0.25) is 4.90 Å². The van der Waals surface area contributed by atoms with Crippen molar-refractivity contribution in [3.8, 4) is 0 Å². The maximum atomic E-state index is 6.26. The molecule has 0 saturated heterocycles. The van der Waals surface area contributed by atoms with E-state index in [0.29, 0.717) is 6.04 Å². The largest absolute Gasteiger partial charge is 0.401 e. The molecule has 2 heterocycles. The summed E-state index contributed by atoms with van der Waals surface area (Å²) in [5.41, 5.74) is 14.4. The molecule has 0 radical (unpaired) electrons. The molecule has 0 aliphatic carbocycles. The highest BCUT2D eigenvalue weighted by Gasteiger charge is 2.24. The molecule has 2 aliphatic heterocycles. The SMILES string of the molecule is C/C(N)=C1/NCC[C@H](Nc2cccc(Cl)c2)c2cc(C3=CCN(C(C)C)CC3)ccc21. The molecule has 0 unspecified atom stereocenters. The van der Waals surface area contributed by atoms with E-state index in [1.54, 1.807) is 0 Å². The van der Waals surface area contributed by atoms with E-state index in [1.807, 2.05) is 25.1 Å². The van der Waals surface area contributed by atoms with E-state index in [9.17, 15) is 0 Å². The lowest BCUT2D eigenvalue weighted by Crippen LogP contribution is -2.34. The van der Waals surface area contributed by atoms with Crippen LogP contribution in [0.3, 0.4) is 0 Å². The van der Waals surface area contributed by atoms with Crippen molar-refractivity contribution in [1.29, 1.82) is 0 Å². The number of rotatable bonds is 4. The smallest absolute Gasteiger partial charge is 0.0605 e. The van der Waals surface area contributed by atoms with E-state index in [-0.39, 0.29) is 6.04 Å². The van der Waals surface area contributed by atoms with Crippen LogP contribution in [0.2, 0.25) is 5.02 Å². The summed E-state index contributed by atoms with van der Waals surface area (Å²) in [6.45, 7) is 9.49. The molecule has 0 bridgehead atoms. The molecule has 1 atom stereocenters. The van der Waals surface area contributed by atoms with Crippen LogP contribution in [-0.4, -0.2) is 30.6 Å². The molecule has 5 heteroatoms. The van der Waals surface area contributed by atoms with Crippen molar-refractivity contribution in [1.82, 2.24) is 10.2 Å². The highest BCUT2D eigenvalue weighted by Crippen LogP contribution is 2.35. The summed E-state index contributed by atoms with van der Waals surface area (Å²) in [5, 5.41) is 8.00. The highest BCUT2D eigenvalue weighted by atomic mass is 35.5. The zero-order valence-corrected chi connectivity index (χ0v) is 19.5. The Morgan fingerprint density at radius 2 is 2.06 bits per heavy atom. The summed E-state index contributed by atoms with van der Waals surface area (Å²) in [5.74, 6) is 0. The Balaban J connectivity index is 1.71. The fraction of sp³-hybridized carbons (Fsp3) is 0.385. The molecule has 0 amide bonds. The van der Waals surface area contributed by atoms with E-state index in [4.69, 9.17) is 17.3 Å². The third-order valence-corrected chi connectivity index (χ3v) is 6.57. The number of anilines is 1. The number of nitrogens with one attached hydrogen (secondary N) is 2. The van der Waals surface area contributed by atoms with E-state index >= 15 is 0 Å². The van der Waals surface area contributed by atoms with Gasteiger partial charge in [-0.2, -0.15) is 0 Å². The molecule has 4 nitrogen and oxygen atoms in total. The van der Waals surface area contributed by atoms with Gasteiger partial charge in [0.1, 0.15) is 0 Å². The average molecular weight is 437 g/mol. The quantitative estimate of drug-likeness (QED) is 0.581. The monoisotopic (exact) mass is 436 g/mol. The Morgan fingerprint density at radius 3 is 2.74 bits per heavy atom. The fourth-order valence-electron chi connectivity index (χ4n) is 4.57. The van der Waals surface area contributed by atoms with Gasteiger partial charge in [0, 0.05) is 47.6 Å². The van der Waals surface area contributed by atoms with Gasteiger partial charge in [-0.05, 0) is 74.6 Å². The second kappa shape index (κ2) is 9.37. The number of nitrogens with two attached hydrogens (primary N) is 1. The lowest BCUT2D eigenvalue weighted by atomic mass is 9.90. The topological polar surface area (TPSA) is 53.3 Å². The number of nitrogens with zero attached hydrogens (tertiary/aromatic N) is 1. The molecular formula is C26H33ClN4. The molecule has 31 heavy (non-hydrogen) atoms. The van der Waals surface area contributed by atoms with Crippen LogP contribution in [-0.2, 0) is 0 Å². The molecule has 0 spiro atoms. The Hall–Kier alpha value is -2.43. The molecule has 2 aromatic rings. The molecule has 0 aromatic heterocycles. The van der Waals surface area contributed by atoms with Crippen molar-refractivity contribution in [2.24, 2.45) is 5.73 Å². The number of hydrogen-bond acceptors (Lipinski definition) is 4. The predicted molar refractivity (Wildman–Crippen MR) is 133 cm³/mol. The van der Waals surface area contributed by atoms with Crippen molar-refractivity contribution in [3.05, 3.63) is 76.0 Å². The molecule has 2 aliphatic rings. The van der Waals surface area contributed by atoms with Crippen LogP contribution >= 0.6 is 11.6 Å². The van der Waals surface area contributed by atoms with Gasteiger partial charge < -0.3 is 16.4 Å². The molecule has 4 N–H and O–H groups in total. The molecular weight excluding hydrogens is 404 g/mol. The third kappa shape index (κ3) is 4.91. The number of fused-ring (bicyclic) bond motifs is 1. The Kier molecular flexibility index (Phi) is 6.59. The van der Waals surface area contributed by atoms with Crippen LogP contribution < -0.4 is 16.4 Å². The lowest BCUT2D eigenvalue weighted by Gasteiger charge is -2.30. The van der Waals surface area contributed by atoms with E-state index in [0.717, 1.165) is 54.6 Å². The maximum absolute atomic E-state index is 6.26. The van der Waals surface area contributed by atoms with Crippen molar-refractivity contribution >= 4 is 28.6 Å². The van der Waals surface area contributed by atoms with Gasteiger partial charge in [-0.1, -0.05) is 35.9 Å². The third-order valence-electron chi connectivity index (χ3n) is 6.33. The van der Waals surface area contributed by atoms with Gasteiger partial charge in [-0.15, -0.1) is 0 Å². The number of hydrogen-bond donors (Lipinski definition) is 3. The molecule has 0 saturated carbocycles. The Labute approximate surface area is 191 Å². The second-order valence-corrected chi connectivity index (χ2v) is 9.29. The number of benzene rings is 2. The van der Waals surface area contributed by atoms with Crippen molar-refractivity contribution in [3.63, 3.8) is 0 Å². The summed E-state index contributed by atoms with van der Waals surface area (Å²) in [6.07, 6.45) is 4.44. The van der Waals surface area contributed by atoms with Gasteiger partial charge >= 0.3 is 0 Å². The first kappa shape index (κ1) is 21.8. The van der Waals surface area contributed by atoms with Gasteiger partial charge in [-0.25, -0.2) is 0 Å². The fourth-order valence-corrected chi connectivity index (χ4v) is 4.76. The van der Waals surface area contributed by atoms with E-state index in [2.05, 4.69) is 59.7 Å². The predicted octanol–water partition coefficient (Wildman–Crippen LogP) is 5.63. The number of allylic oxidation sites excluding steroid dienone is 1.